The quantitative estimate of drug-likeness (QED) is 0.469. The predicted molar refractivity (Wildman–Crippen MR) is 149 cm³/mol. The number of rotatable bonds is 7. The molecule has 0 bridgehead atoms. The maximum atomic E-state index is 12.9. The third-order valence-corrected chi connectivity index (χ3v) is 8.33. The zero-order chi connectivity index (χ0) is 26.9. The van der Waals surface area contributed by atoms with E-state index < -0.39 is 0 Å². The van der Waals surface area contributed by atoms with Crippen molar-refractivity contribution in [1.29, 1.82) is 0 Å². The zero-order valence-corrected chi connectivity index (χ0v) is 22.9. The topological polar surface area (TPSA) is 113 Å². The number of hydrogen-bond donors (Lipinski definition) is 2. The fourth-order valence-electron chi connectivity index (χ4n) is 6.18. The molecular formula is C28H37N9O2. The summed E-state index contributed by atoms with van der Waals surface area (Å²) in [6.45, 7) is 4.17. The summed E-state index contributed by atoms with van der Waals surface area (Å²) in [5, 5.41) is 15.2. The van der Waals surface area contributed by atoms with Gasteiger partial charge in [-0.05, 0) is 70.4 Å². The van der Waals surface area contributed by atoms with Gasteiger partial charge < -0.3 is 25.2 Å². The highest BCUT2D eigenvalue weighted by Crippen LogP contribution is 2.43. The minimum absolute atomic E-state index is 0.0815. The second-order valence-corrected chi connectivity index (χ2v) is 10.8. The third-order valence-electron chi connectivity index (χ3n) is 8.33. The van der Waals surface area contributed by atoms with Crippen molar-refractivity contribution in [3.63, 3.8) is 0 Å². The summed E-state index contributed by atoms with van der Waals surface area (Å²) >= 11 is 0. The summed E-state index contributed by atoms with van der Waals surface area (Å²) in [4.78, 5) is 27.3. The number of nitrogens with one attached hydrogen (secondary N) is 2. The average Bonchev–Trinajstić information content (AvgIpc) is 3.66. The molecule has 1 aliphatic carbocycles. The number of benzene rings is 1. The zero-order valence-electron chi connectivity index (χ0n) is 22.9. The van der Waals surface area contributed by atoms with Crippen LogP contribution >= 0.6 is 0 Å². The van der Waals surface area contributed by atoms with Gasteiger partial charge in [0, 0.05) is 17.6 Å². The first-order chi connectivity index (χ1) is 19.1. The molecule has 4 heterocycles. The van der Waals surface area contributed by atoms with Crippen molar-refractivity contribution in [1.82, 2.24) is 34.9 Å². The van der Waals surface area contributed by atoms with Gasteiger partial charge in [-0.1, -0.05) is 19.8 Å². The summed E-state index contributed by atoms with van der Waals surface area (Å²) in [6, 6.07) is 6.16. The smallest absolute Gasteiger partial charge is 0.251 e. The van der Waals surface area contributed by atoms with Gasteiger partial charge in [0.1, 0.15) is 17.8 Å². The van der Waals surface area contributed by atoms with E-state index >= 15 is 0 Å². The van der Waals surface area contributed by atoms with E-state index in [9.17, 15) is 4.79 Å². The molecule has 2 aliphatic heterocycles. The predicted octanol–water partition coefficient (Wildman–Crippen LogP) is 3.85. The number of aromatic nitrogens is 5. The van der Waals surface area contributed by atoms with E-state index in [4.69, 9.17) is 9.72 Å². The molecule has 2 fully saturated rings. The molecule has 0 radical (unpaired) electrons. The summed E-state index contributed by atoms with van der Waals surface area (Å²) < 4.78 is 7.67. The molecule has 2 aromatic heterocycles. The van der Waals surface area contributed by atoms with Gasteiger partial charge in [-0.25, -0.2) is 4.98 Å². The molecule has 11 heteroatoms. The first-order valence-corrected chi connectivity index (χ1v) is 14.1. The van der Waals surface area contributed by atoms with Crippen LogP contribution in [0.2, 0.25) is 0 Å². The molecule has 3 aliphatic rings. The van der Waals surface area contributed by atoms with Crippen molar-refractivity contribution in [2.24, 2.45) is 0 Å². The lowest BCUT2D eigenvalue weighted by atomic mass is 10.0. The molecule has 6 rings (SSSR count). The van der Waals surface area contributed by atoms with Crippen LogP contribution in [0.4, 0.5) is 17.5 Å². The molecule has 2 N–H and O–H groups in total. The largest absolute Gasteiger partial charge is 0.495 e. The molecule has 11 nitrogen and oxygen atoms in total. The van der Waals surface area contributed by atoms with Gasteiger partial charge in [0.15, 0.2) is 11.6 Å². The van der Waals surface area contributed by atoms with Crippen molar-refractivity contribution in [2.45, 2.75) is 70.0 Å². The number of anilines is 3. The van der Waals surface area contributed by atoms with Gasteiger partial charge in [-0.2, -0.15) is 4.98 Å². The molecule has 1 saturated carbocycles. The highest BCUT2D eigenvalue weighted by atomic mass is 16.5. The fourth-order valence-corrected chi connectivity index (χ4v) is 6.18. The molecule has 3 aromatic rings. The lowest BCUT2D eigenvalue weighted by Crippen LogP contribution is -2.43. The average molecular weight is 532 g/mol. The van der Waals surface area contributed by atoms with E-state index in [0.29, 0.717) is 29.0 Å². The standard InChI is InChI=1S/C28H37N9O2/c1-4-22-26-34-30-17-36(26)23-16-29-28(33-25(23)37(22)20-7-5-6-8-20)32-21-10-9-18(15-24(21)39-3)27(38)31-19-11-13-35(2)14-12-19/h9-10,15-17,19-20,22H,4-8,11-14H2,1-3H3,(H,31,38)(H,29,32,33). The highest BCUT2D eigenvalue weighted by Gasteiger charge is 2.38. The van der Waals surface area contributed by atoms with E-state index in [1.165, 1.54) is 12.8 Å². The number of fused-ring (bicyclic) bond motifs is 3. The highest BCUT2D eigenvalue weighted by molar-refractivity contribution is 5.95. The van der Waals surface area contributed by atoms with Crippen LogP contribution in [0.15, 0.2) is 30.7 Å². The van der Waals surface area contributed by atoms with Crippen LogP contribution in [0.1, 0.15) is 74.1 Å². The Bertz CT molecular complexity index is 1330. The maximum Gasteiger partial charge on any atom is 0.251 e. The summed E-state index contributed by atoms with van der Waals surface area (Å²) in [5.74, 6) is 2.79. The molecule has 39 heavy (non-hydrogen) atoms. The number of nitrogens with zero attached hydrogens (tertiary/aromatic N) is 7. The minimum Gasteiger partial charge on any atom is -0.495 e. The number of piperidine rings is 1. The van der Waals surface area contributed by atoms with E-state index in [2.05, 4.69) is 49.6 Å². The van der Waals surface area contributed by atoms with Crippen molar-refractivity contribution in [2.75, 3.05) is 37.5 Å². The van der Waals surface area contributed by atoms with Gasteiger partial charge in [0.25, 0.3) is 5.91 Å². The molecule has 1 aromatic carbocycles. The molecule has 1 unspecified atom stereocenters. The lowest BCUT2D eigenvalue weighted by Gasteiger charge is -2.40. The van der Waals surface area contributed by atoms with Gasteiger partial charge in [-0.3, -0.25) is 9.36 Å². The summed E-state index contributed by atoms with van der Waals surface area (Å²) in [7, 11) is 3.72. The second kappa shape index (κ2) is 10.8. The van der Waals surface area contributed by atoms with Crippen LogP contribution in [0.5, 0.6) is 5.75 Å². The summed E-state index contributed by atoms with van der Waals surface area (Å²) in [6.07, 6.45) is 11.2. The number of amides is 1. The molecule has 1 saturated heterocycles. The van der Waals surface area contributed by atoms with Crippen LogP contribution in [0.3, 0.4) is 0 Å². The van der Waals surface area contributed by atoms with Crippen LogP contribution < -0.4 is 20.3 Å². The van der Waals surface area contributed by atoms with Crippen LogP contribution in [-0.2, 0) is 0 Å². The fraction of sp³-hybridized carbons (Fsp3) is 0.536. The molecule has 206 valence electrons. The van der Waals surface area contributed by atoms with Gasteiger partial charge >= 0.3 is 0 Å². The van der Waals surface area contributed by atoms with E-state index in [1.807, 2.05) is 22.9 Å². The lowest BCUT2D eigenvalue weighted by molar-refractivity contribution is 0.0916. The van der Waals surface area contributed by atoms with Gasteiger partial charge in [0.05, 0.1) is 25.0 Å². The van der Waals surface area contributed by atoms with Crippen molar-refractivity contribution >= 4 is 23.4 Å². The Morgan fingerprint density at radius 1 is 1.15 bits per heavy atom. The first-order valence-electron chi connectivity index (χ1n) is 14.1. The third kappa shape index (κ3) is 4.91. The number of likely N-dealkylation sites (tertiary alicyclic amines) is 1. The number of carbonyl (C=O) groups excluding carboxylic acids is 1. The summed E-state index contributed by atoms with van der Waals surface area (Å²) in [5.41, 5.74) is 2.17. The van der Waals surface area contributed by atoms with Crippen molar-refractivity contribution in [3.8, 4) is 11.4 Å². The molecular weight excluding hydrogens is 494 g/mol. The van der Waals surface area contributed by atoms with Crippen molar-refractivity contribution in [3.05, 3.63) is 42.1 Å². The maximum absolute atomic E-state index is 12.9. The Hall–Kier alpha value is -3.73. The van der Waals surface area contributed by atoms with Crippen LogP contribution in [0, 0.1) is 0 Å². The number of carbonyl (C=O) groups is 1. The minimum atomic E-state index is -0.0815. The Balaban J connectivity index is 1.26. The Morgan fingerprint density at radius 2 is 1.95 bits per heavy atom. The normalized spacial score (nSPS) is 20.0. The SMILES string of the molecule is CCC1c2nncn2-c2cnc(Nc3ccc(C(=O)NC4CCN(C)CC4)cc3OC)nc2N1C1CCCC1. The molecule has 0 spiro atoms. The van der Waals surface area contributed by atoms with E-state index in [1.54, 1.807) is 19.5 Å². The van der Waals surface area contributed by atoms with E-state index in [0.717, 1.165) is 62.5 Å². The van der Waals surface area contributed by atoms with Crippen LogP contribution in [0.25, 0.3) is 5.69 Å². The van der Waals surface area contributed by atoms with Gasteiger partial charge in [-0.15, -0.1) is 10.2 Å². The Labute approximate surface area is 229 Å². The molecule has 1 amide bonds. The number of hydrogen-bond acceptors (Lipinski definition) is 9. The molecule has 1 atom stereocenters. The number of methoxy groups -OCH3 is 1. The Morgan fingerprint density at radius 3 is 2.69 bits per heavy atom. The van der Waals surface area contributed by atoms with Crippen molar-refractivity contribution < 1.29 is 9.53 Å². The monoisotopic (exact) mass is 531 g/mol. The first kappa shape index (κ1) is 25.5. The van der Waals surface area contributed by atoms with Crippen LogP contribution in [-0.4, -0.2) is 74.9 Å². The van der Waals surface area contributed by atoms with E-state index in [-0.39, 0.29) is 18.0 Å². The Kier molecular flexibility index (Phi) is 7.07. The van der Waals surface area contributed by atoms with Gasteiger partial charge in [0.2, 0.25) is 5.95 Å². The second-order valence-electron chi connectivity index (χ2n) is 10.8. The number of ether oxygens (including phenoxy) is 1.